The Morgan fingerprint density at radius 3 is 2.40 bits per heavy atom. The van der Waals surface area contributed by atoms with Crippen LogP contribution in [0.2, 0.25) is 0 Å². The van der Waals surface area contributed by atoms with Gasteiger partial charge in [-0.25, -0.2) is 0 Å². The molecule has 7 nitrogen and oxygen atoms in total. The van der Waals surface area contributed by atoms with Gasteiger partial charge in [0, 0.05) is 37.9 Å². The average Bonchev–Trinajstić information content (AvgIpc) is 3.38. The number of halogens is 3. The van der Waals surface area contributed by atoms with Crippen LogP contribution in [0.1, 0.15) is 30.1 Å². The Bertz CT molecular complexity index is 973. The number of piperazine rings is 1. The Balaban J connectivity index is 1.33. The molecule has 0 unspecified atom stereocenters. The fourth-order valence-electron chi connectivity index (χ4n) is 3.47. The molecule has 1 fully saturated rings. The molecule has 160 valence electrons. The average molecular weight is 420 g/mol. The summed E-state index contributed by atoms with van der Waals surface area (Å²) in [5.41, 5.74) is 1.21. The van der Waals surface area contributed by atoms with Crippen LogP contribution in [-0.4, -0.2) is 55.9 Å². The first-order chi connectivity index (χ1) is 14.3. The molecule has 0 N–H and O–H groups in total. The van der Waals surface area contributed by atoms with Gasteiger partial charge in [0.25, 0.3) is 0 Å². The standard InChI is InChI=1S/C20H23F3N6O/c1-14-3-5-16(6-4-14)18-24-19(30-26-18)15(2)28-11-9-27(10-12-28)13-29-8-7-17(25-29)20(21,22)23/h3-8,15H,9-13H2,1-2H3/t15-/m0/s1. The van der Waals surface area contributed by atoms with Crippen molar-refractivity contribution in [3.05, 3.63) is 53.7 Å². The van der Waals surface area contributed by atoms with Crippen molar-refractivity contribution in [2.75, 3.05) is 26.2 Å². The van der Waals surface area contributed by atoms with E-state index in [2.05, 4.69) is 25.0 Å². The number of nitrogens with zero attached hydrogens (tertiary/aromatic N) is 6. The normalized spacial score (nSPS) is 17.4. The lowest BCUT2D eigenvalue weighted by Crippen LogP contribution is -2.47. The molecule has 3 heterocycles. The minimum atomic E-state index is -4.42. The molecule has 4 rings (SSSR count). The number of hydrogen-bond acceptors (Lipinski definition) is 6. The smallest absolute Gasteiger partial charge is 0.337 e. The van der Waals surface area contributed by atoms with Crippen LogP contribution in [0.25, 0.3) is 11.4 Å². The molecule has 1 atom stereocenters. The van der Waals surface area contributed by atoms with Gasteiger partial charge in [0.2, 0.25) is 11.7 Å². The van der Waals surface area contributed by atoms with Crippen LogP contribution in [0.3, 0.4) is 0 Å². The summed E-state index contributed by atoms with van der Waals surface area (Å²) >= 11 is 0. The van der Waals surface area contributed by atoms with E-state index in [1.54, 1.807) is 0 Å². The first-order valence-electron chi connectivity index (χ1n) is 9.77. The molecule has 1 aliphatic heterocycles. The van der Waals surface area contributed by atoms with E-state index in [4.69, 9.17) is 4.52 Å². The predicted octanol–water partition coefficient (Wildman–Crippen LogP) is 3.60. The Morgan fingerprint density at radius 2 is 1.77 bits per heavy atom. The van der Waals surface area contributed by atoms with Crippen LogP contribution in [0.4, 0.5) is 13.2 Å². The molecule has 1 aliphatic rings. The molecule has 0 aliphatic carbocycles. The maximum absolute atomic E-state index is 12.7. The minimum Gasteiger partial charge on any atom is -0.337 e. The molecule has 0 spiro atoms. The van der Waals surface area contributed by atoms with Gasteiger partial charge in [-0.1, -0.05) is 35.0 Å². The van der Waals surface area contributed by atoms with Crippen molar-refractivity contribution in [3.63, 3.8) is 0 Å². The fraction of sp³-hybridized carbons (Fsp3) is 0.450. The van der Waals surface area contributed by atoms with Gasteiger partial charge in [-0.05, 0) is 19.9 Å². The Morgan fingerprint density at radius 1 is 1.07 bits per heavy atom. The zero-order valence-electron chi connectivity index (χ0n) is 16.8. The van der Waals surface area contributed by atoms with Crippen molar-refractivity contribution in [1.82, 2.24) is 29.7 Å². The molecule has 1 saturated heterocycles. The number of aryl methyl sites for hydroxylation is 1. The van der Waals surface area contributed by atoms with Gasteiger partial charge >= 0.3 is 6.18 Å². The van der Waals surface area contributed by atoms with Gasteiger partial charge < -0.3 is 4.52 Å². The van der Waals surface area contributed by atoms with Crippen molar-refractivity contribution in [2.45, 2.75) is 32.7 Å². The molecule has 0 radical (unpaired) electrons. The second-order valence-corrected chi connectivity index (χ2v) is 7.53. The van der Waals surface area contributed by atoms with Crippen LogP contribution in [0.5, 0.6) is 0 Å². The Hall–Kier alpha value is -2.72. The molecule has 10 heteroatoms. The fourth-order valence-corrected chi connectivity index (χ4v) is 3.47. The second kappa shape index (κ2) is 8.19. The van der Waals surface area contributed by atoms with Gasteiger partial charge in [0.05, 0.1) is 12.7 Å². The van der Waals surface area contributed by atoms with Crippen LogP contribution < -0.4 is 0 Å². The van der Waals surface area contributed by atoms with Gasteiger partial charge in [-0.2, -0.15) is 23.3 Å². The van der Waals surface area contributed by atoms with E-state index in [9.17, 15) is 13.2 Å². The van der Waals surface area contributed by atoms with E-state index in [1.165, 1.54) is 16.4 Å². The summed E-state index contributed by atoms with van der Waals surface area (Å²) in [6.45, 7) is 7.29. The van der Waals surface area contributed by atoms with Crippen LogP contribution in [0.15, 0.2) is 41.1 Å². The van der Waals surface area contributed by atoms with Crippen molar-refractivity contribution >= 4 is 0 Å². The van der Waals surface area contributed by atoms with E-state index >= 15 is 0 Å². The second-order valence-electron chi connectivity index (χ2n) is 7.53. The molecule has 0 amide bonds. The third-order valence-corrected chi connectivity index (χ3v) is 5.34. The van der Waals surface area contributed by atoms with E-state index in [0.717, 1.165) is 24.7 Å². The maximum atomic E-state index is 12.7. The Kier molecular flexibility index (Phi) is 5.61. The number of aromatic nitrogens is 4. The summed E-state index contributed by atoms with van der Waals surface area (Å²) < 4.78 is 44.9. The summed E-state index contributed by atoms with van der Waals surface area (Å²) in [5.74, 6) is 1.12. The lowest BCUT2D eigenvalue weighted by molar-refractivity contribution is -0.141. The number of rotatable bonds is 5. The van der Waals surface area contributed by atoms with Crippen molar-refractivity contribution in [3.8, 4) is 11.4 Å². The van der Waals surface area contributed by atoms with Gasteiger partial charge in [0.1, 0.15) is 0 Å². The van der Waals surface area contributed by atoms with E-state index in [1.807, 2.05) is 38.1 Å². The highest BCUT2D eigenvalue weighted by molar-refractivity contribution is 5.54. The summed E-state index contributed by atoms with van der Waals surface area (Å²) in [4.78, 5) is 8.84. The molecule has 0 bridgehead atoms. The third kappa shape index (κ3) is 4.54. The SMILES string of the molecule is Cc1ccc(-c2noc([C@H](C)N3CCN(Cn4ccc(C(F)(F)F)n4)CC3)n2)cc1. The van der Waals surface area contributed by atoms with Crippen molar-refractivity contribution < 1.29 is 17.7 Å². The summed E-state index contributed by atoms with van der Waals surface area (Å²) in [6, 6.07) is 8.90. The van der Waals surface area contributed by atoms with E-state index in [0.29, 0.717) is 31.5 Å². The Labute approximate surface area is 172 Å². The summed E-state index contributed by atoms with van der Waals surface area (Å²) in [7, 11) is 0. The molecule has 3 aromatic rings. The predicted molar refractivity (Wildman–Crippen MR) is 103 cm³/mol. The molecule has 1 aromatic carbocycles. The maximum Gasteiger partial charge on any atom is 0.435 e. The lowest BCUT2D eigenvalue weighted by Gasteiger charge is -2.36. The van der Waals surface area contributed by atoms with Gasteiger partial charge in [-0.3, -0.25) is 14.5 Å². The number of hydrogen-bond donors (Lipinski definition) is 0. The van der Waals surface area contributed by atoms with E-state index in [-0.39, 0.29) is 6.04 Å². The van der Waals surface area contributed by atoms with Crippen LogP contribution in [-0.2, 0) is 12.8 Å². The summed E-state index contributed by atoms with van der Waals surface area (Å²) in [6.07, 6.45) is -3.05. The zero-order chi connectivity index (χ0) is 21.3. The zero-order valence-corrected chi connectivity index (χ0v) is 16.8. The van der Waals surface area contributed by atoms with E-state index < -0.39 is 11.9 Å². The molecule has 30 heavy (non-hydrogen) atoms. The first kappa shape index (κ1) is 20.5. The number of alkyl halides is 3. The topological polar surface area (TPSA) is 63.2 Å². The quantitative estimate of drug-likeness (QED) is 0.629. The first-order valence-corrected chi connectivity index (χ1v) is 9.77. The molecular weight excluding hydrogens is 397 g/mol. The van der Waals surface area contributed by atoms with Crippen LogP contribution in [0, 0.1) is 6.92 Å². The molecular formula is C20H23F3N6O. The highest BCUT2D eigenvalue weighted by Gasteiger charge is 2.34. The highest BCUT2D eigenvalue weighted by Crippen LogP contribution is 2.27. The monoisotopic (exact) mass is 420 g/mol. The van der Waals surface area contributed by atoms with Crippen molar-refractivity contribution in [2.24, 2.45) is 0 Å². The molecule has 2 aromatic heterocycles. The lowest BCUT2D eigenvalue weighted by atomic mass is 10.1. The number of benzene rings is 1. The minimum absolute atomic E-state index is 0.0413. The van der Waals surface area contributed by atoms with Gasteiger partial charge in [-0.15, -0.1) is 0 Å². The van der Waals surface area contributed by atoms with Crippen LogP contribution >= 0.6 is 0 Å². The van der Waals surface area contributed by atoms with Crippen molar-refractivity contribution in [1.29, 1.82) is 0 Å². The third-order valence-electron chi connectivity index (χ3n) is 5.34. The summed E-state index contributed by atoms with van der Waals surface area (Å²) in [5, 5.41) is 7.72. The van der Waals surface area contributed by atoms with Gasteiger partial charge in [0.15, 0.2) is 5.69 Å². The largest absolute Gasteiger partial charge is 0.435 e. The highest BCUT2D eigenvalue weighted by atomic mass is 19.4. The molecule has 0 saturated carbocycles.